The van der Waals surface area contributed by atoms with Gasteiger partial charge in [0.15, 0.2) is 0 Å². The van der Waals surface area contributed by atoms with Gasteiger partial charge in [0.05, 0.1) is 11.7 Å². The summed E-state index contributed by atoms with van der Waals surface area (Å²) in [4.78, 5) is 28.4. The van der Waals surface area contributed by atoms with E-state index in [1.54, 1.807) is 10.9 Å². The van der Waals surface area contributed by atoms with Gasteiger partial charge in [0, 0.05) is 12.6 Å². The van der Waals surface area contributed by atoms with Gasteiger partial charge in [0.1, 0.15) is 18.1 Å². The molecule has 7 nitrogen and oxygen atoms in total. The lowest BCUT2D eigenvalue weighted by molar-refractivity contribution is -0.140. The number of aliphatic carboxylic acids is 1. The minimum absolute atomic E-state index is 0.181. The first kappa shape index (κ1) is 22.4. The third-order valence-electron chi connectivity index (χ3n) is 6.46. The lowest BCUT2D eigenvalue weighted by atomic mass is 9.93. The van der Waals surface area contributed by atoms with Crippen molar-refractivity contribution in [1.82, 2.24) is 9.55 Å². The highest BCUT2D eigenvalue weighted by atomic mass is 16.5. The van der Waals surface area contributed by atoms with Crippen LogP contribution in [0.1, 0.15) is 24.0 Å². The summed E-state index contributed by atoms with van der Waals surface area (Å²) in [6, 6.07) is 25.1. The number of rotatable bonds is 7. The molecule has 0 bridgehead atoms. The van der Waals surface area contributed by atoms with Crippen LogP contribution in [0.5, 0.6) is 0 Å². The van der Waals surface area contributed by atoms with Crippen molar-refractivity contribution in [3.63, 3.8) is 0 Å². The number of ether oxygens (including phenoxy) is 1. The van der Waals surface area contributed by atoms with E-state index in [-0.39, 0.29) is 6.61 Å². The number of carboxylic acids is 1. The maximum absolute atomic E-state index is 12.4. The van der Waals surface area contributed by atoms with E-state index in [4.69, 9.17) is 4.74 Å². The topological polar surface area (TPSA) is 93.5 Å². The first-order chi connectivity index (χ1) is 17.0. The summed E-state index contributed by atoms with van der Waals surface area (Å²) in [6.45, 7) is 0.181. The van der Waals surface area contributed by atoms with Crippen LogP contribution in [-0.4, -0.2) is 26.7 Å². The SMILES string of the molecule is Cn1cnc(-c2ccc(-c3ccc(C4(C(=O)O)CC4)cc3)cc2)c1NC(=O)OCc1ccccc1. The second-order valence-electron chi connectivity index (χ2n) is 8.78. The van der Waals surface area contributed by atoms with Gasteiger partial charge in [0.2, 0.25) is 0 Å². The molecule has 0 aliphatic heterocycles. The molecule has 1 amide bonds. The summed E-state index contributed by atoms with van der Waals surface area (Å²) in [5.41, 5.74) is 4.57. The molecule has 1 heterocycles. The molecule has 1 aliphatic carbocycles. The Morgan fingerprint density at radius 3 is 2.14 bits per heavy atom. The maximum Gasteiger partial charge on any atom is 0.413 e. The molecule has 0 spiro atoms. The molecule has 35 heavy (non-hydrogen) atoms. The van der Waals surface area contributed by atoms with E-state index in [9.17, 15) is 14.7 Å². The van der Waals surface area contributed by atoms with E-state index in [1.807, 2.05) is 85.9 Å². The molecule has 2 N–H and O–H groups in total. The van der Waals surface area contributed by atoms with Crippen molar-refractivity contribution >= 4 is 17.9 Å². The molecule has 1 fully saturated rings. The Hall–Kier alpha value is -4.39. The van der Waals surface area contributed by atoms with Gasteiger partial charge in [-0.15, -0.1) is 0 Å². The van der Waals surface area contributed by atoms with Gasteiger partial charge in [-0.2, -0.15) is 0 Å². The molecule has 1 saturated carbocycles. The van der Waals surface area contributed by atoms with Gasteiger partial charge in [0.25, 0.3) is 0 Å². The van der Waals surface area contributed by atoms with Gasteiger partial charge in [-0.25, -0.2) is 9.78 Å². The lowest BCUT2D eigenvalue weighted by Crippen LogP contribution is -2.19. The fourth-order valence-electron chi connectivity index (χ4n) is 4.20. The number of aromatic nitrogens is 2. The number of aryl methyl sites for hydroxylation is 1. The highest BCUT2D eigenvalue weighted by molar-refractivity contribution is 5.89. The number of amides is 1. The van der Waals surface area contributed by atoms with Crippen LogP contribution in [0.25, 0.3) is 22.4 Å². The van der Waals surface area contributed by atoms with Gasteiger partial charge in [-0.1, -0.05) is 78.9 Å². The average molecular weight is 468 g/mol. The van der Waals surface area contributed by atoms with Crippen LogP contribution in [0, 0.1) is 0 Å². The Balaban J connectivity index is 1.29. The quantitative estimate of drug-likeness (QED) is 0.368. The van der Waals surface area contributed by atoms with Crippen molar-refractivity contribution in [2.75, 3.05) is 5.32 Å². The van der Waals surface area contributed by atoms with Crippen LogP contribution >= 0.6 is 0 Å². The molecule has 1 aromatic heterocycles. The Labute approximate surface area is 203 Å². The predicted octanol–water partition coefficient (Wildman–Crippen LogP) is 5.62. The van der Waals surface area contributed by atoms with Gasteiger partial charge in [-0.05, 0) is 35.1 Å². The van der Waals surface area contributed by atoms with Crippen molar-refractivity contribution in [3.8, 4) is 22.4 Å². The molecular formula is C28H25N3O4. The molecule has 0 radical (unpaired) electrons. The highest BCUT2D eigenvalue weighted by Gasteiger charge is 2.51. The number of benzene rings is 3. The number of imidazole rings is 1. The fraction of sp³-hybridized carbons (Fsp3) is 0.179. The number of carbonyl (C=O) groups excluding carboxylic acids is 1. The van der Waals surface area contributed by atoms with E-state index in [2.05, 4.69) is 10.3 Å². The molecule has 3 aromatic carbocycles. The minimum atomic E-state index is -0.752. The number of carboxylic acid groups (broad SMARTS) is 1. The fourth-order valence-corrected chi connectivity index (χ4v) is 4.20. The second kappa shape index (κ2) is 9.10. The van der Waals surface area contributed by atoms with Crippen molar-refractivity contribution in [2.45, 2.75) is 24.9 Å². The van der Waals surface area contributed by atoms with E-state index in [1.165, 1.54) is 0 Å². The summed E-state index contributed by atoms with van der Waals surface area (Å²) in [5, 5.41) is 12.3. The molecule has 7 heteroatoms. The molecule has 0 unspecified atom stereocenters. The summed E-state index contributed by atoms with van der Waals surface area (Å²) < 4.78 is 7.09. The molecule has 1 aliphatic rings. The smallest absolute Gasteiger partial charge is 0.413 e. The van der Waals surface area contributed by atoms with Crippen molar-refractivity contribution in [1.29, 1.82) is 0 Å². The van der Waals surface area contributed by atoms with Crippen LogP contribution in [0.15, 0.2) is 85.2 Å². The summed E-state index contributed by atoms with van der Waals surface area (Å²) in [6.07, 6.45) is 2.48. The lowest BCUT2D eigenvalue weighted by Gasteiger charge is -2.12. The van der Waals surface area contributed by atoms with Crippen molar-refractivity contribution in [3.05, 3.63) is 96.3 Å². The number of nitrogens with one attached hydrogen (secondary N) is 1. The first-order valence-corrected chi connectivity index (χ1v) is 11.4. The summed E-state index contributed by atoms with van der Waals surface area (Å²) in [7, 11) is 1.81. The van der Waals surface area contributed by atoms with Gasteiger partial charge in [-0.3, -0.25) is 10.1 Å². The second-order valence-corrected chi connectivity index (χ2v) is 8.78. The third-order valence-corrected chi connectivity index (χ3v) is 6.46. The number of carbonyl (C=O) groups is 2. The number of nitrogens with zero attached hydrogens (tertiary/aromatic N) is 2. The third kappa shape index (κ3) is 4.53. The monoisotopic (exact) mass is 467 g/mol. The molecule has 4 aromatic rings. The van der Waals surface area contributed by atoms with Crippen LogP contribution in [0.2, 0.25) is 0 Å². The number of hydrogen-bond donors (Lipinski definition) is 2. The van der Waals surface area contributed by atoms with Crippen molar-refractivity contribution in [2.24, 2.45) is 7.05 Å². The van der Waals surface area contributed by atoms with E-state index < -0.39 is 17.5 Å². The summed E-state index contributed by atoms with van der Waals surface area (Å²) in [5.74, 6) is -0.207. The molecule has 176 valence electrons. The number of anilines is 1. The van der Waals surface area contributed by atoms with Gasteiger partial charge >= 0.3 is 12.1 Å². The zero-order valence-corrected chi connectivity index (χ0v) is 19.3. The predicted molar refractivity (Wildman–Crippen MR) is 133 cm³/mol. The zero-order valence-electron chi connectivity index (χ0n) is 19.3. The highest BCUT2D eigenvalue weighted by Crippen LogP contribution is 2.48. The largest absolute Gasteiger partial charge is 0.481 e. The Bertz CT molecular complexity index is 1360. The Kier molecular flexibility index (Phi) is 5.82. The van der Waals surface area contributed by atoms with Crippen LogP contribution in [0.3, 0.4) is 0 Å². The van der Waals surface area contributed by atoms with E-state index >= 15 is 0 Å². The zero-order chi connectivity index (χ0) is 24.4. The van der Waals surface area contributed by atoms with E-state index in [0.29, 0.717) is 24.4 Å². The minimum Gasteiger partial charge on any atom is -0.481 e. The molecular weight excluding hydrogens is 442 g/mol. The number of hydrogen-bond acceptors (Lipinski definition) is 4. The normalized spacial score (nSPS) is 13.7. The van der Waals surface area contributed by atoms with Crippen LogP contribution < -0.4 is 5.32 Å². The van der Waals surface area contributed by atoms with E-state index in [0.717, 1.165) is 27.8 Å². The van der Waals surface area contributed by atoms with Crippen LogP contribution in [0.4, 0.5) is 10.6 Å². The Morgan fingerprint density at radius 1 is 0.943 bits per heavy atom. The summed E-state index contributed by atoms with van der Waals surface area (Å²) >= 11 is 0. The Morgan fingerprint density at radius 2 is 1.54 bits per heavy atom. The van der Waals surface area contributed by atoms with Crippen molar-refractivity contribution < 1.29 is 19.4 Å². The first-order valence-electron chi connectivity index (χ1n) is 11.4. The van der Waals surface area contributed by atoms with Crippen LogP contribution in [-0.2, 0) is 28.6 Å². The maximum atomic E-state index is 12.4. The molecule has 0 saturated heterocycles. The molecule has 5 rings (SSSR count). The molecule has 0 atom stereocenters. The average Bonchev–Trinajstić information content (AvgIpc) is 3.63. The standard InChI is InChI=1S/C28H25N3O4/c1-31-18-29-24(25(31)30-27(34)35-17-19-5-3-2-4-6-19)22-9-7-20(8-10-22)21-11-13-23(14-12-21)28(15-16-28)26(32)33/h2-14,18H,15-17H2,1H3,(H,30,34)(H,32,33). The van der Waals surface area contributed by atoms with Gasteiger partial charge < -0.3 is 14.4 Å².